The van der Waals surface area contributed by atoms with E-state index >= 15 is 0 Å². The third-order valence-electron chi connectivity index (χ3n) is 2.71. The molecule has 0 heterocycles. The summed E-state index contributed by atoms with van der Waals surface area (Å²) in [5.41, 5.74) is 0.179. The number of benzene rings is 1. The molecule has 0 aliphatic heterocycles. The Bertz CT molecular complexity index is 555. The van der Waals surface area contributed by atoms with Crippen molar-refractivity contribution >= 4 is 17.6 Å². The van der Waals surface area contributed by atoms with E-state index in [2.05, 4.69) is 5.32 Å². The van der Waals surface area contributed by atoms with Gasteiger partial charge in [0.1, 0.15) is 0 Å². The van der Waals surface area contributed by atoms with Crippen LogP contribution in [0.25, 0.3) is 0 Å². The molecule has 8 nitrogen and oxygen atoms in total. The highest BCUT2D eigenvalue weighted by Crippen LogP contribution is 2.17. The molecule has 0 fully saturated rings. The van der Waals surface area contributed by atoms with E-state index in [0.717, 1.165) is 6.07 Å². The summed E-state index contributed by atoms with van der Waals surface area (Å²) >= 11 is 0. The van der Waals surface area contributed by atoms with Crippen LogP contribution in [0, 0.1) is 17.0 Å². The number of carboxylic acid groups (broad SMARTS) is 1. The Morgan fingerprint density at radius 1 is 1.40 bits per heavy atom. The predicted molar refractivity (Wildman–Crippen MR) is 68.4 cm³/mol. The van der Waals surface area contributed by atoms with Gasteiger partial charge in [0.15, 0.2) is 6.04 Å². The van der Waals surface area contributed by atoms with Gasteiger partial charge in [-0.2, -0.15) is 0 Å². The first-order valence-electron chi connectivity index (χ1n) is 5.70. The van der Waals surface area contributed by atoms with E-state index in [9.17, 15) is 24.8 Å². The zero-order valence-electron chi connectivity index (χ0n) is 10.9. The molecule has 0 aliphatic carbocycles. The number of hydrogen-bond donors (Lipinski definition) is 3. The van der Waals surface area contributed by atoms with Crippen molar-refractivity contribution in [2.75, 3.05) is 0 Å². The molecule has 20 heavy (non-hydrogen) atoms. The fourth-order valence-electron chi connectivity index (χ4n) is 1.58. The lowest BCUT2D eigenvalue weighted by Crippen LogP contribution is -2.47. The molecular weight excluding hydrogens is 268 g/mol. The highest BCUT2D eigenvalue weighted by atomic mass is 16.6. The van der Waals surface area contributed by atoms with Crippen LogP contribution in [0.15, 0.2) is 18.2 Å². The quantitative estimate of drug-likeness (QED) is 0.531. The van der Waals surface area contributed by atoms with Crippen LogP contribution in [0.1, 0.15) is 22.8 Å². The van der Waals surface area contributed by atoms with Gasteiger partial charge in [0.2, 0.25) is 0 Å². The van der Waals surface area contributed by atoms with Crippen LogP contribution in [0.4, 0.5) is 5.69 Å². The highest BCUT2D eigenvalue weighted by molar-refractivity contribution is 5.98. The van der Waals surface area contributed by atoms with Crippen molar-refractivity contribution in [2.45, 2.75) is 26.0 Å². The monoisotopic (exact) mass is 282 g/mol. The minimum Gasteiger partial charge on any atom is -0.480 e. The topological polar surface area (TPSA) is 130 Å². The van der Waals surface area contributed by atoms with Crippen molar-refractivity contribution in [3.63, 3.8) is 0 Å². The van der Waals surface area contributed by atoms with Crippen molar-refractivity contribution in [1.82, 2.24) is 5.32 Å². The van der Waals surface area contributed by atoms with E-state index in [1.54, 1.807) is 6.92 Å². The van der Waals surface area contributed by atoms with E-state index in [-0.39, 0.29) is 11.3 Å². The predicted octanol–water partition coefficient (Wildman–Crippen LogP) is 0.467. The third kappa shape index (κ3) is 3.51. The van der Waals surface area contributed by atoms with Crippen molar-refractivity contribution in [2.24, 2.45) is 0 Å². The van der Waals surface area contributed by atoms with E-state index in [0.29, 0.717) is 5.56 Å². The van der Waals surface area contributed by atoms with Crippen LogP contribution >= 0.6 is 0 Å². The number of carbonyl (C=O) groups is 2. The van der Waals surface area contributed by atoms with Crippen LogP contribution in [-0.2, 0) is 4.79 Å². The minimum atomic E-state index is -1.49. The maximum Gasteiger partial charge on any atom is 0.328 e. The average Bonchev–Trinajstić information content (AvgIpc) is 2.34. The molecule has 0 aromatic heterocycles. The highest BCUT2D eigenvalue weighted by Gasteiger charge is 2.26. The lowest BCUT2D eigenvalue weighted by atomic mass is 10.1. The lowest BCUT2D eigenvalue weighted by molar-refractivity contribution is -0.384. The maximum atomic E-state index is 12.0. The summed E-state index contributed by atoms with van der Waals surface area (Å²) in [5, 5.41) is 30.9. The first-order chi connectivity index (χ1) is 9.23. The summed E-state index contributed by atoms with van der Waals surface area (Å²) in [6.07, 6.45) is -1.30. The molecule has 2 atom stereocenters. The van der Waals surface area contributed by atoms with Gasteiger partial charge < -0.3 is 15.5 Å². The van der Waals surface area contributed by atoms with Crippen LogP contribution in [-0.4, -0.2) is 39.2 Å². The summed E-state index contributed by atoms with van der Waals surface area (Å²) in [4.78, 5) is 32.8. The Kier molecular flexibility index (Phi) is 4.76. The van der Waals surface area contributed by atoms with E-state index in [1.165, 1.54) is 19.1 Å². The van der Waals surface area contributed by atoms with Crippen molar-refractivity contribution in [1.29, 1.82) is 0 Å². The number of non-ortho nitro benzene ring substituents is 1. The number of aliphatic carboxylic acids is 1. The number of carbonyl (C=O) groups excluding carboxylic acids is 1. The second-order valence-electron chi connectivity index (χ2n) is 4.29. The van der Waals surface area contributed by atoms with Gasteiger partial charge in [0.25, 0.3) is 11.6 Å². The molecule has 2 unspecified atom stereocenters. The zero-order valence-corrected chi connectivity index (χ0v) is 10.9. The van der Waals surface area contributed by atoms with Gasteiger partial charge in [-0.15, -0.1) is 0 Å². The summed E-state index contributed by atoms with van der Waals surface area (Å²) < 4.78 is 0. The SMILES string of the molecule is Cc1ccc([N+](=O)[O-])cc1C(=O)NC(C(=O)O)C(C)O. The first kappa shape index (κ1) is 15.6. The fourth-order valence-corrected chi connectivity index (χ4v) is 1.58. The lowest BCUT2D eigenvalue weighted by Gasteiger charge is -2.17. The van der Waals surface area contributed by atoms with Gasteiger partial charge in [-0.1, -0.05) is 6.07 Å². The molecule has 0 spiro atoms. The molecule has 1 aromatic rings. The minimum absolute atomic E-state index is 0.00824. The molecule has 0 saturated heterocycles. The number of carboxylic acids is 1. The number of nitrogens with one attached hydrogen (secondary N) is 1. The Balaban J connectivity index is 3.05. The van der Waals surface area contributed by atoms with E-state index in [1.807, 2.05) is 0 Å². The molecule has 108 valence electrons. The molecule has 8 heteroatoms. The van der Waals surface area contributed by atoms with Crippen LogP contribution in [0.3, 0.4) is 0 Å². The summed E-state index contributed by atoms with van der Waals surface area (Å²) in [5.74, 6) is -2.18. The standard InChI is InChI=1S/C12H14N2O6/c1-6-3-4-8(14(19)20)5-9(6)11(16)13-10(7(2)15)12(17)18/h3-5,7,10,15H,1-2H3,(H,13,16)(H,17,18). The number of nitro benzene ring substituents is 1. The smallest absolute Gasteiger partial charge is 0.328 e. The van der Waals surface area contributed by atoms with Gasteiger partial charge in [-0.3, -0.25) is 14.9 Å². The Labute approximate surface area is 114 Å². The maximum absolute atomic E-state index is 12.0. The molecule has 0 saturated carbocycles. The normalized spacial score (nSPS) is 13.3. The number of aryl methyl sites for hydroxylation is 1. The van der Waals surface area contributed by atoms with Crippen LogP contribution in [0.2, 0.25) is 0 Å². The summed E-state index contributed by atoms with van der Waals surface area (Å²) in [6, 6.07) is 2.22. The molecule has 0 bridgehead atoms. The van der Waals surface area contributed by atoms with Crippen molar-refractivity contribution in [3.8, 4) is 0 Å². The molecule has 3 N–H and O–H groups in total. The van der Waals surface area contributed by atoms with E-state index in [4.69, 9.17) is 5.11 Å². The molecular formula is C12H14N2O6. The summed E-state index contributed by atoms with van der Waals surface area (Å²) in [6.45, 7) is 2.79. The van der Waals surface area contributed by atoms with Crippen LogP contribution < -0.4 is 5.32 Å². The number of aliphatic hydroxyl groups is 1. The fraction of sp³-hybridized carbons (Fsp3) is 0.333. The van der Waals surface area contributed by atoms with Crippen molar-refractivity contribution in [3.05, 3.63) is 39.4 Å². The Hall–Kier alpha value is -2.48. The van der Waals surface area contributed by atoms with Crippen LogP contribution in [0.5, 0.6) is 0 Å². The van der Waals surface area contributed by atoms with Gasteiger partial charge >= 0.3 is 5.97 Å². The van der Waals surface area contributed by atoms with Gasteiger partial charge in [0, 0.05) is 17.7 Å². The number of nitrogens with zero attached hydrogens (tertiary/aromatic N) is 1. The molecule has 1 amide bonds. The molecule has 0 aliphatic rings. The molecule has 0 radical (unpaired) electrons. The number of nitro groups is 1. The average molecular weight is 282 g/mol. The third-order valence-corrected chi connectivity index (χ3v) is 2.71. The number of amides is 1. The van der Waals surface area contributed by atoms with Gasteiger partial charge in [-0.05, 0) is 19.4 Å². The van der Waals surface area contributed by atoms with Gasteiger partial charge in [0.05, 0.1) is 11.0 Å². The van der Waals surface area contributed by atoms with Crippen molar-refractivity contribution < 1.29 is 24.7 Å². The van der Waals surface area contributed by atoms with Gasteiger partial charge in [-0.25, -0.2) is 4.79 Å². The second kappa shape index (κ2) is 6.11. The molecule has 1 aromatic carbocycles. The first-order valence-corrected chi connectivity index (χ1v) is 5.70. The second-order valence-corrected chi connectivity index (χ2v) is 4.29. The largest absolute Gasteiger partial charge is 0.480 e. The molecule has 1 rings (SSSR count). The Morgan fingerprint density at radius 2 is 2.00 bits per heavy atom. The number of rotatable bonds is 5. The summed E-state index contributed by atoms with van der Waals surface area (Å²) in [7, 11) is 0. The number of hydrogen-bond acceptors (Lipinski definition) is 5. The zero-order chi connectivity index (χ0) is 15.4. The van der Waals surface area contributed by atoms with E-state index < -0.39 is 28.9 Å². The Morgan fingerprint density at radius 3 is 2.45 bits per heavy atom. The number of aliphatic hydroxyl groups excluding tert-OH is 1.